The molecule has 1 spiro atoms. The number of carbonyl (C=O) groups is 1. The van der Waals surface area contributed by atoms with Gasteiger partial charge in [-0.25, -0.2) is 4.98 Å². The molecule has 5 nitrogen and oxygen atoms in total. The SMILES string of the molecule is CC(C)N1CC2(CC2)C(=O)Nc2cnc(Cl)nc21. The maximum Gasteiger partial charge on any atom is 0.232 e. The van der Waals surface area contributed by atoms with E-state index in [1.807, 2.05) is 0 Å². The maximum atomic E-state index is 12.2. The highest BCUT2D eigenvalue weighted by Crippen LogP contribution is 2.50. The largest absolute Gasteiger partial charge is 0.351 e. The van der Waals surface area contributed by atoms with Gasteiger partial charge in [0.2, 0.25) is 11.2 Å². The Labute approximate surface area is 111 Å². The van der Waals surface area contributed by atoms with Crippen LogP contribution >= 0.6 is 11.6 Å². The van der Waals surface area contributed by atoms with E-state index < -0.39 is 0 Å². The number of aromatic nitrogens is 2. The summed E-state index contributed by atoms with van der Waals surface area (Å²) in [5.41, 5.74) is 0.416. The average Bonchev–Trinajstić information content (AvgIpc) is 3.09. The normalized spacial score (nSPS) is 20.7. The first-order chi connectivity index (χ1) is 8.52. The van der Waals surface area contributed by atoms with E-state index in [1.165, 1.54) is 0 Å². The molecule has 18 heavy (non-hydrogen) atoms. The monoisotopic (exact) mass is 266 g/mol. The fraction of sp³-hybridized carbons (Fsp3) is 0.583. The van der Waals surface area contributed by atoms with Gasteiger partial charge in [-0.1, -0.05) is 0 Å². The lowest BCUT2D eigenvalue weighted by atomic mass is 10.1. The average molecular weight is 267 g/mol. The predicted octanol–water partition coefficient (Wildman–Crippen LogP) is 2.08. The fourth-order valence-electron chi connectivity index (χ4n) is 2.35. The Hall–Kier alpha value is -1.36. The van der Waals surface area contributed by atoms with Crippen molar-refractivity contribution < 1.29 is 4.79 Å². The zero-order valence-corrected chi connectivity index (χ0v) is 11.2. The van der Waals surface area contributed by atoms with Crippen LogP contribution in [-0.2, 0) is 4.79 Å². The number of nitrogens with zero attached hydrogens (tertiary/aromatic N) is 3. The van der Waals surface area contributed by atoms with E-state index in [1.54, 1.807) is 6.20 Å². The molecule has 1 aromatic heterocycles. The topological polar surface area (TPSA) is 58.1 Å². The first-order valence-corrected chi connectivity index (χ1v) is 6.50. The van der Waals surface area contributed by atoms with Crippen molar-refractivity contribution in [3.05, 3.63) is 11.5 Å². The maximum absolute atomic E-state index is 12.2. The Balaban J connectivity index is 2.09. The van der Waals surface area contributed by atoms with E-state index in [0.29, 0.717) is 12.2 Å². The Morgan fingerprint density at radius 1 is 1.50 bits per heavy atom. The van der Waals surface area contributed by atoms with Crippen LogP contribution in [0.2, 0.25) is 5.28 Å². The van der Waals surface area contributed by atoms with Crippen molar-refractivity contribution in [3.8, 4) is 0 Å². The predicted molar refractivity (Wildman–Crippen MR) is 69.8 cm³/mol. The van der Waals surface area contributed by atoms with E-state index in [4.69, 9.17) is 11.6 Å². The number of hydrogen-bond donors (Lipinski definition) is 1. The van der Waals surface area contributed by atoms with Crippen molar-refractivity contribution in [1.82, 2.24) is 9.97 Å². The van der Waals surface area contributed by atoms with Crippen molar-refractivity contribution in [2.45, 2.75) is 32.7 Å². The Kier molecular flexibility index (Phi) is 2.48. The molecule has 0 aromatic carbocycles. The minimum atomic E-state index is -0.239. The van der Waals surface area contributed by atoms with Gasteiger partial charge in [0, 0.05) is 12.6 Å². The van der Waals surface area contributed by atoms with Gasteiger partial charge in [0.1, 0.15) is 5.69 Å². The second-order valence-corrected chi connectivity index (χ2v) is 5.67. The minimum absolute atomic E-state index is 0.0813. The Morgan fingerprint density at radius 3 is 2.83 bits per heavy atom. The summed E-state index contributed by atoms with van der Waals surface area (Å²) in [6.07, 6.45) is 3.47. The first kappa shape index (κ1) is 11.7. The molecule has 1 fully saturated rings. The molecule has 1 amide bonds. The lowest BCUT2D eigenvalue weighted by Gasteiger charge is -2.29. The van der Waals surface area contributed by atoms with Crippen LogP contribution in [0.5, 0.6) is 0 Å². The molecular weight excluding hydrogens is 252 g/mol. The summed E-state index contributed by atoms with van der Waals surface area (Å²) in [6, 6.07) is 0.264. The molecule has 96 valence electrons. The second-order valence-electron chi connectivity index (χ2n) is 5.33. The van der Waals surface area contributed by atoms with Gasteiger partial charge in [0.05, 0.1) is 11.6 Å². The van der Waals surface area contributed by atoms with Crippen molar-refractivity contribution in [2.24, 2.45) is 5.41 Å². The number of nitrogens with one attached hydrogen (secondary N) is 1. The van der Waals surface area contributed by atoms with Gasteiger partial charge in [-0.3, -0.25) is 4.79 Å². The summed E-state index contributed by atoms with van der Waals surface area (Å²) in [5, 5.41) is 3.13. The van der Waals surface area contributed by atoms with Crippen LogP contribution in [0.3, 0.4) is 0 Å². The molecule has 1 aliphatic heterocycles. The number of hydrogen-bond acceptors (Lipinski definition) is 4. The number of halogens is 1. The quantitative estimate of drug-likeness (QED) is 0.791. The van der Waals surface area contributed by atoms with Gasteiger partial charge < -0.3 is 10.2 Å². The van der Waals surface area contributed by atoms with Crippen LogP contribution in [-0.4, -0.2) is 28.5 Å². The number of amides is 1. The smallest absolute Gasteiger partial charge is 0.232 e. The molecule has 6 heteroatoms. The lowest BCUT2D eigenvalue weighted by molar-refractivity contribution is -0.120. The highest BCUT2D eigenvalue weighted by atomic mass is 35.5. The Morgan fingerprint density at radius 2 is 2.22 bits per heavy atom. The summed E-state index contributed by atoms with van der Waals surface area (Å²) in [5.74, 6) is 0.806. The molecule has 0 radical (unpaired) electrons. The molecule has 1 aromatic rings. The summed E-state index contributed by atoms with van der Waals surface area (Å²) < 4.78 is 0. The molecular formula is C12H15ClN4O. The van der Waals surface area contributed by atoms with E-state index >= 15 is 0 Å². The lowest BCUT2D eigenvalue weighted by Crippen LogP contribution is -2.38. The van der Waals surface area contributed by atoms with E-state index in [2.05, 4.69) is 34.0 Å². The van der Waals surface area contributed by atoms with Crippen LogP contribution in [0.15, 0.2) is 6.20 Å². The third-order valence-electron chi connectivity index (χ3n) is 3.69. The van der Waals surface area contributed by atoms with Crippen molar-refractivity contribution in [1.29, 1.82) is 0 Å². The molecule has 2 aliphatic rings. The minimum Gasteiger partial charge on any atom is -0.351 e. The van der Waals surface area contributed by atoms with Gasteiger partial charge in [-0.15, -0.1) is 0 Å². The first-order valence-electron chi connectivity index (χ1n) is 6.12. The fourth-order valence-corrected chi connectivity index (χ4v) is 2.48. The van der Waals surface area contributed by atoms with Gasteiger partial charge in [0.25, 0.3) is 0 Å². The molecule has 0 unspecified atom stereocenters. The van der Waals surface area contributed by atoms with E-state index in [-0.39, 0.29) is 22.6 Å². The van der Waals surface area contributed by atoms with Gasteiger partial charge in [0.15, 0.2) is 5.82 Å². The van der Waals surface area contributed by atoms with E-state index in [9.17, 15) is 4.79 Å². The molecule has 1 saturated carbocycles. The number of rotatable bonds is 1. The summed E-state index contributed by atoms with van der Waals surface area (Å²) in [6.45, 7) is 4.88. The third-order valence-corrected chi connectivity index (χ3v) is 3.87. The van der Waals surface area contributed by atoms with Crippen molar-refractivity contribution >= 4 is 29.0 Å². The molecule has 0 saturated heterocycles. The van der Waals surface area contributed by atoms with Gasteiger partial charge >= 0.3 is 0 Å². The van der Waals surface area contributed by atoms with Crippen LogP contribution < -0.4 is 10.2 Å². The summed E-state index contributed by atoms with van der Waals surface area (Å²) >= 11 is 5.86. The van der Waals surface area contributed by atoms with Crippen LogP contribution in [0.1, 0.15) is 26.7 Å². The molecule has 3 rings (SSSR count). The van der Waals surface area contributed by atoms with Crippen molar-refractivity contribution in [2.75, 3.05) is 16.8 Å². The Bertz CT molecular complexity index is 513. The zero-order chi connectivity index (χ0) is 12.9. The summed E-state index contributed by atoms with van der Waals surface area (Å²) in [7, 11) is 0. The number of carbonyl (C=O) groups excluding carboxylic acids is 1. The van der Waals surface area contributed by atoms with Crippen molar-refractivity contribution in [3.63, 3.8) is 0 Å². The molecule has 1 aliphatic carbocycles. The van der Waals surface area contributed by atoms with Gasteiger partial charge in [-0.05, 0) is 38.3 Å². The molecule has 2 heterocycles. The number of anilines is 2. The molecule has 0 atom stereocenters. The standard InChI is InChI=1S/C12H15ClN4O/c1-7(2)17-6-12(3-4-12)10(18)15-8-5-14-11(13)16-9(8)17/h5,7H,3-4,6H2,1-2H3,(H,15,18). The number of fused-ring (bicyclic) bond motifs is 1. The zero-order valence-electron chi connectivity index (χ0n) is 10.4. The van der Waals surface area contributed by atoms with Crippen LogP contribution in [0, 0.1) is 5.41 Å². The summed E-state index contributed by atoms with van der Waals surface area (Å²) in [4.78, 5) is 22.5. The van der Waals surface area contributed by atoms with Crippen LogP contribution in [0.25, 0.3) is 0 Å². The second kappa shape index (κ2) is 3.82. The van der Waals surface area contributed by atoms with Gasteiger partial charge in [-0.2, -0.15) is 4.98 Å². The third kappa shape index (κ3) is 1.73. The van der Waals surface area contributed by atoms with Crippen LogP contribution in [0.4, 0.5) is 11.5 Å². The highest BCUT2D eigenvalue weighted by Gasteiger charge is 2.53. The molecule has 1 N–H and O–H groups in total. The van der Waals surface area contributed by atoms with E-state index in [0.717, 1.165) is 18.7 Å². The highest BCUT2D eigenvalue weighted by molar-refractivity contribution is 6.28. The molecule has 0 bridgehead atoms.